The molecular weight excluding hydrogens is 240 g/mol. The molecule has 0 aromatic heterocycles. The van der Waals surface area contributed by atoms with Crippen molar-refractivity contribution in [3.05, 3.63) is 18.2 Å². The number of rotatable bonds is 6. The highest BCUT2D eigenvalue weighted by atomic mass is 32.2. The first-order chi connectivity index (χ1) is 8.01. The maximum Gasteiger partial charge on any atom is 0.242 e. The van der Waals surface area contributed by atoms with Gasteiger partial charge in [0.2, 0.25) is 10.0 Å². The van der Waals surface area contributed by atoms with Crippen molar-refractivity contribution in [2.45, 2.75) is 24.7 Å². The van der Waals surface area contributed by atoms with E-state index in [9.17, 15) is 8.42 Å². The number of hydrogen-bond donors (Lipinski definition) is 2. The monoisotopic (exact) mass is 258 g/mol. The number of unbranched alkanes of at least 4 members (excludes halogenated alkanes) is 1. The van der Waals surface area contributed by atoms with Crippen LogP contribution in [-0.4, -0.2) is 22.1 Å². The van der Waals surface area contributed by atoms with Gasteiger partial charge >= 0.3 is 0 Å². The number of sulfonamides is 1. The smallest absolute Gasteiger partial charge is 0.242 e. The molecule has 0 bridgehead atoms. The molecule has 17 heavy (non-hydrogen) atoms. The lowest BCUT2D eigenvalue weighted by molar-refractivity contribution is 0.414. The van der Waals surface area contributed by atoms with E-state index in [0.29, 0.717) is 12.3 Å². The molecule has 1 aromatic rings. The molecule has 0 aliphatic rings. The average molecular weight is 258 g/mol. The fourth-order valence-corrected chi connectivity index (χ4v) is 2.54. The van der Waals surface area contributed by atoms with Gasteiger partial charge in [0, 0.05) is 12.6 Å². The molecule has 6 heteroatoms. The number of benzene rings is 1. The van der Waals surface area contributed by atoms with Crippen LogP contribution in [0.25, 0.3) is 0 Å². The molecule has 0 fully saturated rings. The Morgan fingerprint density at radius 2 is 2.12 bits per heavy atom. The van der Waals surface area contributed by atoms with E-state index in [1.807, 2.05) is 6.92 Å². The molecule has 0 spiro atoms. The minimum absolute atomic E-state index is 0.0920. The predicted octanol–water partition coefficient (Wildman–Crippen LogP) is 1.36. The van der Waals surface area contributed by atoms with Crippen LogP contribution >= 0.6 is 0 Å². The van der Waals surface area contributed by atoms with Crippen molar-refractivity contribution < 1.29 is 13.2 Å². The second-order valence-electron chi connectivity index (χ2n) is 3.66. The highest BCUT2D eigenvalue weighted by molar-refractivity contribution is 7.89. The second kappa shape index (κ2) is 5.88. The lowest BCUT2D eigenvalue weighted by atomic mass is 10.3. The normalized spacial score (nSPS) is 11.4. The van der Waals surface area contributed by atoms with Crippen molar-refractivity contribution in [2.75, 3.05) is 19.4 Å². The maximum absolute atomic E-state index is 11.9. The Labute approximate surface area is 102 Å². The van der Waals surface area contributed by atoms with Crippen molar-refractivity contribution in [2.24, 2.45) is 0 Å². The van der Waals surface area contributed by atoms with Gasteiger partial charge in [-0.05, 0) is 18.6 Å². The third-order valence-corrected chi connectivity index (χ3v) is 3.86. The number of methoxy groups -OCH3 is 1. The van der Waals surface area contributed by atoms with Gasteiger partial charge in [0.1, 0.15) is 10.6 Å². The Morgan fingerprint density at radius 1 is 1.41 bits per heavy atom. The van der Waals surface area contributed by atoms with E-state index in [2.05, 4.69) is 4.72 Å². The average Bonchev–Trinajstić information content (AvgIpc) is 2.28. The Morgan fingerprint density at radius 3 is 2.65 bits per heavy atom. The number of anilines is 1. The highest BCUT2D eigenvalue weighted by Crippen LogP contribution is 2.23. The van der Waals surface area contributed by atoms with E-state index in [4.69, 9.17) is 10.5 Å². The van der Waals surface area contributed by atoms with E-state index >= 15 is 0 Å². The zero-order valence-electron chi connectivity index (χ0n) is 10.1. The van der Waals surface area contributed by atoms with Gasteiger partial charge in [-0.1, -0.05) is 13.3 Å². The van der Waals surface area contributed by atoms with Crippen LogP contribution in [0.5, 0.6) is 5.75 Å². The summed E-state index contributed by atoms with van der Waals surface area (Å²) in [4.78, 5) is 0.0920. The van der Waals surface area contributed by atoms with Crippen LogP contribution in [-0.2, 0) is 10.0 Å². The predicted molar refractivity (Wildman–Crippen MR) is 67.5 cm³/mol. The Kier molecular flexibility index (Phi) is 4.77. The SMILES string of the molecule is CCCCNS(=O)(=O)c1ccc(OC)cc1N. The third kappa shape index (κ3) is 3.61. The van der Waals surface area contributed by atoms with Gasteiger partial charge in [0.25, 0.3) is 0 Å². The Hall–Kier alpha value is -1.27. The van der Waals surface area contributed by atoms with Gasteiger partial charge < -0.3 is 10.5 Å². The summed E-state index contributed by atoms with van der Waals surface area (Å²) in [5, 5.41) is 0. The summed E-state index contributed by atoms with van der Waals surface area (Å²) in [5.41, 5.74) is 5.88. The number of nitrogen functional groups attached to an aromatic ring is 1. The van der Waals surface area contributed by atoms with Gasteiger partial charge in [-0.3, -0.25) is 0 Å². The van der Waals surface area contributed by atoms with Crippen molar-refractivity contribution >= 4 is 15.7 Å². The van der Waals surface area contributed by atoms with Crippen molar-refractivity contribution in [3.63, 3.8) is 0 Å². The molecule has 0 saturated heterocycles. The van der Waals surface area contributed by atoms with E-state index in [-0.39, 0.29) is 10.6 Å². The molecular formula is C11H18N2O3S. The van der Waals surface area contributed by atoms with Gasteiger partial charge in [-0.15, -0.1) is 0 Å². The Balaban J connectivity index is 2.91. The first kappa shape index (κ1) is 13.8. The van der Waals surface area contributed by atoms with Crippen LogP contribution in [0.3, 0.4) is 0 Å². The van der Waals surface area contributed by atoms with Gasteiger partial charge in [-0.25, -0.2) is 13.1 Å². The van der Waals surface area contributed by atoms with Crippen LogP contribution in [0.15, 0.2) is 23.1 Å². The summed E-state index contributed by atoms with van der Waals surface area (Å²) in [5.74, 6) is 0.537. The summed E-state index contributed by atoms with van der Waals surface area (Å²) in [6.45, 7) is 2.42. The summed E-state index contributed by atoms with van der Waals surface area (Å²) in [7, 11) is -2.02. The molecule has 5 nitrogen and oxygen atoms in total. The summed E-state index contributed by atoms with van der Waals surface area (Å²) < 4.78 is 31.3. The van der Waals surface area contributed by atoms with E-state index in [1.54, 1.807) is 6.07 Å². The van der Waals surface area contributed by atoms with Crippen LogP contribution in [0.2, 0.25) is 0 Å². The summed E-state index contributed by atoms with van der Waals surface area (Å²) in [6, 6.07) is 4.52. The highest BCUT2D eigenvalue weighted by Gasteiger charge is 2.16. The molecule has 0 heterocycles. The summed E-state index contributed by atoms with van der Waals surface area (Å²) >= 11 is 0. The standard InChI is InChI=1S/C11H18N2O3S/c1-3-4-7-13-17(14,15)11-6-5-9(16-2)8-10(11)12/h5-6,8,13H,3-4,7,12H2,1-2H3. The lowest BCUT2D eigenvalue weighted by Crippen LogP contribution is -2.25. The van der Waals surface area contributed by atoms with Gasteiger partial charge in [-0.2, -0.15) is 0 Å². The molecule has 1 aromatic carbocycles. The van der Waals surface area contributed by atoms with E-state index in [0.717, 1.165) is 12.8 Å². The molecule has 0 aliphatic heterocycles. The first-order valence-corrected chi connectivity index (χ1v) is 6.92. The minimum atomic E-state index is -3.52. The number of hydrogen-bond acceptors (Lipinski definition) is 4. The van der Waals surface area contributed by atoms with Crippen LogP contribution in [0.1, 0.15) is 19.8 Å². The lowest BCUT2D eigenvalue weighted by Gasteiger charge is -2.09. The number of nitrogens with one attached hydrogen (secondary N) is 1. The fraction of sp³-hybridized carbons (Fsp3) is 0.455. The van der Waals surface area contributed by atoms with Crippen molar-refractivity contribution in [3.8, 4) is 5.75 Å². The molecule has 0 unspecified atom stereocenters. The van der Waals surface area contributed by atoms with Crippen LogP contribution in [0.4, 0.5) is 5.69 Å². The molecule has 0 saturated carbocycles. The quantitative estimate of drug-likeness (QED) is 0.596. The molecule has 0 aliphatic carbocycles. The molecule has 0 amide bonds. The molecule has 3 N–H and O–H groups in total. The number of ether oxygens (including phenoxy) is 1. The van der Waals surface area contributed by atoms with Crippen LogP contribution in [0, 0.1) is 0 Å². The molecule has 0 radical (unpaired) electrons. The molecule has 1 rings (SSSR count). The zero-order valence-corrected chi connectivity index (χ0v) is 10.9. The Bertz CT molecular complexity index is 472. The van der Waals surface area contributed by atoms with Crippen LogP contribution < -0.4 is 15.2 Å². The fourth-order valence-electron chi connectivity index (χ4n) is 1.36. The number of nitrogens with two attached hydrogens (primary N) is 1. The second-order valence-corrected chi connectivity index (χ2v) is 5.39. The van der Waals surface area contributed by atoms with E-state index in [1.165, 1.54) is 19.2 Å². The third-order valence-electron chi connectivity index (χ3n) is 2.33. The first-order valence-electron chi connectivity index (χ1n) is 5.44. The van der Waals surface area contributed by atoms with E-state index < -0.39 is 10.0 Å². The summed E-state index contributed by atoms with van der Waals surface area (Å²) in [6.07, 6.45) is 1.73. The minimum Gasteiger partial charge on any atom is -0.497 e. The molecule has 0 atom stereocenters. The zero-order chi connectivity index (χ0) is 12.9. The largest absolute Gasteiger partial charge is 0.497 e. The van der Waals surface area contributed by atoms with Crippen molar-refractivity contribution in [1.29, 1.82) is 0 Å². The van der Waals surface area contributed by atoms with Gasteiger partial charge in [0.05, 0.1) is 12.8 Å². The molecule has 96 valence electrons. The van der Waals surface area contributed by atoms with Gasteiger partial charge in [0.15, 0.2) is 0 Å². The topological polar surface area (TPSA) is 81.4 Å². The van der Waals surface area contributed by atoms with Crippen molar-refractivity contribution in [1.82, 2.24) is 4.72 Å². The maximum atomic E-state index is 11.9.